The van der Waals surface area contributed by atoms with Gasteiger partial charge in [-0.15, -0.1) is 0 Å². The third kappa shape index (κ3) is 2.48. The van der Waals surface area contributed by atoms with Gasteiger partial charge in [-0.05, 0) is 24.3 Å². The molecule has 106 valence electrons. The predicted octanol–water partition coefficient (Wildman–Crippen LogP) is 4.19. The molecule has 4 nitrogen and oxygen atoms in total. The van der Waals surface area contributed by atoms with Crippen molar-refractivity contribution in [2.75, 3.05) is 12.8 Å². The zero-order valence-electron chi connectivity index (χ0n) is 11.1. The standard InChI is InChI=1S/C15H11Cl2N3O/c1-21-8-5-6-9-12(7-8)19-15(20-14(9)18)13-10(16)3-2-4-11(13)17/h2-7H,1H3,(H2,18,19,20). The Morgan fingerprint density at radius 2 is 1.76 bits per heavy atom. The number of fused-ring (bicyclic) bond motifs is 1. The molecule has 2 aromatic carbocycles. The van der Waals surface area contributed by atoms with Gasteiger partial charge in [0.1, 0.15) is 11.6 Å². The number of nitrogen functional groups attached to an aromatic ring is 1. The number of hydrogen-bond donors (Lipinski definition) is 1. The molecular weight excluding hydrogens is 309 g/mol. The molecule has 0 atom stereocenters. The van der Waals surface area contributed by atoms with E-state index in [0.29, 0.717) is 38.5 Å². The Morgan fingerprint density at radius 3 is 2.43 bits per heavy atom. The molecule has 3 aromatic rings. The number of aromatic nitrogens is 2. The largest absolute Gasteiger partial charge is 0.497 e. The normalized spacial score (nSPS) is 10.8. The average molecular weight is 320 g/mol. The lowest BCUT2D eigenvalue weighted by Gasteiger charge is -2.09. The molecule has 3 rings (SSSR count). The molecule has 1 aromatic heterocycles. The van der Waals surface area contributed by atoms with Gasteiger partial charge in [-0.2, -0.15) is 0 Å². The molecule has 21 heavy (non-hydrogen) atoms. The fourth-order valence-corrected chi connectivity index (χ4v) is 2.65. The number of rotatable bonds is 2. The first-order chi connectivity index (χ1) is 10.1. The molecular formula is C15H11Cl2N3O. The number of halogens is 2. The van der Waals surface area contributed by atoms with E-state index in [2.05, 4.69) is 9.97 Å². The second-order valence-corrected chi connectivity index (χ2v) is 5.23. The molecule has 0 saturated heterocycles. The van der Waals surface area contributed by atoms with E-state index in [1.54, 1.807) is 31.4 Å². The second-order valence-electron chi connectivity index (χ2n) is 4.41. The van der Waals surface area contributed by atoms with Crippen LogP contribution in [-0.4, -0.2) is 17.1 Å². The lowest BCUT2D eigenvalue weighted by molar-refractivity contribution is 0.415. The van der Waals surface area contributed by atoms with Gasteiger partial charge in [0.05, 0.1) is 28.2 Å². The molecule has 0 spiro atoms. The molecule has 0 aliphatic rings. The highest BCUT2D eigenvalue weighted by Crippen LogP contribution is 2.34. The highest BCUT2D eigenvalue weighted by molar-refractivity contribution is 6.39. The number of hydrogen-bond acceptors (Lipinski definition) is 4. The maximum atomic E-state index is 6.20. The Kier molecular flexibility index (Phi) is 3.57. The fourth-order valence-electron chi connectivity index (χ4n) is 2.08. The molecule has 0 radical (unpaired) electrons. The van der Waals surface area contributed by atoms with Gasteiger partial charge in [-0.1, -0.05) is 29.3 Å². The number of anilines is 1. The average Bonchev–Trinajstić information content (AvgIpc) is 2.46. The van der Waals surface area contributed by atoms with Gasteiger partial charge in [-0.3, -0.25) is 0 Å². The van der Waals surface area contributed by atoms with Gasteiger partial charge in [0, 0.05) is 11.5 Å². The lowest BCUT2D eigenvalue weighted by Crippen LogP contribution is -1.99. The van der Waals surface area contributed by atoms with E-state index in [1.165, 1.54) is 0 Å². The van der Waals surface area contributed by atoms with E-state index in [0.717, 1.165) is 5.39 Å². The quantitative estimate of drug-likeness (QED) is 0.769. The summed E-state index contributed by atoms with van der Waals surface area (Å²) in [6.07, 6.45) is 0. The first kappa shape index (κ1) is 13.9. The molecule has 0 bridgehead atoms. The van der Waals surface area contributed by atoms with Gasteiger partial charge in [0.25, 0.3) is 0 Å². The van der Waals surface area contributed by atoms with Crippen molar-refractivity contribution in [2.24, 2.45) is 0 Å². The monoisotopic (exact) mass is 319 g/mol. The Balaban J connectivity index is 2.29. The van der Waals surface area contributed by atoms with Crippen molar-refractivity contribution in [3.05, 3.63) is 46.4 Å². The van der Waals surface area contributed by atoms with E-state index in [1.807, 2.05) is 12.1 Å². The molecule has 0 unspecified atom stereocenters. The van der Waals surface area contributed by atoms with Crippen molar-refractivity contribution >= 4 is 39.9 Å². The summed E-state index contributed by atoms with van der Waals surface area (Å²) in [4.78, 5) is 8.80. The molecule has 0 aliphatic heterocycles. The Morgan fingerprint density at radius 1 is 1.05 bits per heavy atom. The van der Waals surface area contributed by atoms with E-state index >= 15 is 0 Å². The predicted molar refractivity (Wildman–Crippen MR) is 86.0 cm³/mol. The highest BCUT2D eigenvalue weighted by Gasteiger charge is 2.14. The van der Waals surface area contributed by atoms with Gasteiger partial charge < -0.3 is 10.5 Å². The summed E-state index contributed by atoms with van der Waals surface area (Å²) in [5.74, 6) is 1.45. The SMILES string of the molecule is COc1ccc2c(N)nc(-c3c(Cl)cccc3Cl)nc2c1. The van der Waals surface area contributed by atoms with Crippen LogP contribution in [0, 0.1) is 0 Å². The maximum absolute atomic E-state index is 6.20. The van der Waals surface area contributed by atoms with Crippen molar-refractivity contribution < 1.29 is 4.74 Å². The van der Waals surface area contributed by atoms with E-state index in [-0.39, 0.29) is 0 Å². The minimum atomic E-state index is 0.369. The molecule has 0 aliphatic carbocycles. The van der Waals surface area contributed by atoms with Crippen LogP contribution in [0.5, 0.6) is 5.75 Å². The third-order valence-corrected chi connectivity index (χ3v) is 3.75. The lowest BCUT2D eigenvalue weighted by atomic mass is 10.1. The van der Waals surface area contributed by atoms with Gasteiger partial charge in [0.15, 0.2) is 5.82 Å². The minimum absolute atomic E-state index is 0.369. The number of methoxy groups -OCH3 is 1. The van der Waals surface area contributed by atoms with Crippen molar-refractivity contribution in [1.82, 2.24) is 9.97 Å². The fraction of sp³-hybridized carbons (Fsp3) is 0.0667. The van der Waals surface area contributed by atoms with Gasteiger partial charge in [0.2, 0.25) is 0 Å². The summed E-state index contributed by atoms with van der Waals surface area (Å²) < 4.78 is 5.20. The molecule has 0 fully saturated rings. The summed E-state index contributed by atoms with van der Waals surface area (Å²) in [5, 5.41) is 1.70. The van der Waals surface area contributed by atoms with Crippen LogP contribution in [0.15, 0.2) is 36.4 Å². The smallest absolute Gasteiger partial charge is 0.165 e. The number of ether oxygens (including phenoxy) is 1. The molecule has 0 saturated carbocycles. The second kappa shape index (κ2) is 5.39. The maximum Gasteiger partial charge on any atom is 0.165 e. The Hall–Kier alpha value is -2.04. The molecule has 1 heterocycles. The Bertz CT molecular complexity index is 816. The van der Waals surface area contributed by atoms with Crippen LogP contribution in [0.25, 0.3) is 22.3 Å². The van der Waals surface area contributed by atoms with Crippen molar-refractivity contribution in [2.45, 2.75) is 0 Å². The van der Waals surface area contributed by atoms with Crippen molar-refractivity contribution in [3.8, 4) is 17.1 Å². The first-order valence-corrected chi connectivity index (χ1v) is 6.91. The zero-order chi connectivity index (χ0) is 15.0. The van der Waals surface area contributed by atoms with E-state index < -0.39 is 0 Å². The van der Waals surface area contributed by atoms with Crippen molar-refractivity contribution in [1.29, 1.82) is 0 Å². The topological polar surface area (TPSA) is 61.0 Å². The van der Waals surface area contributed by atoms with E-state index in [9.17, 15) is 0 Å². The summed E-state index contributed by atoms with van der Waals surface area (Å²) >= 11 is 12.4. The highest BCUT2D eigenvalue weighted by atomic mass is 35.5. The van der Waals surface area contributed by atoms with Crippen LogP contribution in [0.1, 0.15) is 0 Å². The summed E-state index contributed by atoms with van der Waals surface area (Å²) in [5.41, 5.74) is 7.25. The zero-order valence-corrected chi connectivity index (χ0v) is 12.6. The van der Waals surface area contributed by atoms with E-state index in [4.69, 9.17) is 33.7 Å². The minimum Gasteiger partial charge on any atom is -0.497 e. The summed E-state index contributed by atoms with van der Waals surface area (Å²) in [7, 11) is 1.59. The molecule has 6 heteroatoms. The Labute approximate surface area is 131 Å². The number of nitrogens with two attached hydrogens (primary N) is 1. The molecule has 2 N–H and O–H groups in total. The van der Waals surface area contributed by atoms with Crippen LogP contribution in [0.4, 0.5) is 5.82 Å². The molecule has 0 amide bonds. The van der Waals surface area contributed by atoms with Crippen LogP contribution in [0.3, 0.4) is 0 Å². The van der Waals surface area contributed by atoms with Gasteiger partial charge >= 0.3 is 0 Å². The number of nitrogens with zero attached hydrogens (tertiary/aromatic N) is 2. The summed E-state index contributed by atoms with van der Waals surface area (Å²) in [6.45, 7) is 0. The first-order valence-electron chi connectivity index (χ1n) is 6.16. The van der Waals surface area contributed by atoms with Crippen molar-refractivity contribution in [3.63, 3.8) is 0 Å². The number of benzene rings is 2. The van der Waals surface area contributed by atoms with Crippen LogP contribution >= 0.6 is 23.2 Å². The van der Waals surface area contributed by atoms with Crippen LogP contribution in [0.2, 0.25) is 10.0 Å². The third-order valence-electron chi connectivity index (χ3n) is 3.12. The van der Waals surface area contributed by atoms with Crippen LogP contribution in [-0.2, 0) is 0 Å². The summed E-state index contributed by atoms with van der Waals surface area (Å²) in [6, 6.07) is 10.7. The van der Waals surface area contributed by atoms with Gasteiger partial charge in [-0.25, -0.2) is 9.97 Å². The van der Waals surface area contributed by atoms with Crippen LogP contribution < -0.4 is 10.5 Å².